The molecule has 1 aromatic carbocycles. The molecule has 0 aliphatic heterocycles. The van der Waals surface area contributed by atoms with E-state index in [1.807, 2.05) is 19.2 Å². The minimum Gasteiger partial charge on any atom is -0.319 e. The van der Waals surface area contributed by atoms with Crippen molar-refractivity contribution in [1.29, 1.82) is 0 Å². The summed E-state index contributed by atoms with van der Waals surface area (Å²) in [4.78, 5) is 0. The number of hydrogen-bond acceptors (Lipinski definition) is 1. The van der Waals surface area contributed by atoms with Gasteiger partial charge in [0.1, 0.15) is 5.82 Å². The Balaban J connectivity index is 2.71. The average Bonchev–Trinajstić information content (AvgIpc) is 2.19. The molecule has 0 saturated carbocycles. The number of hydrogen-bond donors (Lipinski definition) is 1. The lowest BCUT2D eigenvalue weighted by atomic mass is 9.96. The van der Waals surface area contributed by atoms with Crippen LogP contribution in [0.25, 0.3) is 0 Å². The molecule has 0 amide bonds. The Hall–Kier alpha value is -0.160. The van der Waals surface area contributed by atoms with Gasteiger partial charge in [-0.1, -0.05) is 34.7 Å². The lowest BCUT2D eigenvalue weighted by Gasteiger charge is -2.15. The Morgan fingerprint density at radius 3 is 2.50 bits per heavy atom. The van der Waals surface area contributed by atoms with Crippen LogP contribution in [-0.4, -0.2) is 18.0 Å². The van der Waals surface area contributed by atoms with Gasteiger partial charge in [0, 0.05) is 11.0 Å². The first-order valence-electron chi connectivity index (χ1n) is 4.74. The molecular weight excluding hydrogens is 292 g/mol. The van der Waals surface area contributed by atoms with Crippen LogP contribution in [0.1, 0.15) is 17.9 Å². The number of alkyl halides is 1. The SMILES string of the molecule is CNCC(CCI)c1ccc(F)cc1. The highest BCUT2D eigenvalue weighted by Gasteiger charge is 2.09. The molecule has 0 aromatic heterocycles. The standard InChI is InChI=1S/C11H15FIN/c1-14-8-10(6-7-13)9-2-4-11(12)5-3-9/h2-5,10,14H,6-8H2,1H3. The Kier molecular flexibility index (Phi) is 5.40. The Labute approximate surface area is 98.2 Å². The number of halogens is 2. The molecule has 1 nitrogen and oxygen atoms in total. The molecule has 1 unspecified atom stereocenters. The summed E-state index contributed by atoms with van der Waals surface area (Å²) in [5.41, 5.74) is 1.22. The number of likely N-dealkylation sites (N-methyl/N-ethyl adjacent to an activating group) is 1. The summed E-state index contributed by atoms with van der Waals surface area (Å²) < 4.78 is 13.8. The molecule has 1 atom stereocenters. The van der Waals surface area contributed by atoms with E-state index >= 15 is 0 Å². The van der Waals surface area contributed by atoms with E-state index in [1.54, 1.807) is 0 Å². The van der Waals surface area contributed by atoms with E-state index in [1.165, 1.54) is 17.7 Å². The second kappa shape index (κ2) is 6.35. The molecule has 1 aromatic rings. The first kappa shape index (κ1) is 11.9. The molecule has 0 bridgehead atoms. The summed E-state index contributed by atoms with van der Waals surface area (Å²) >= 11 is 2.37. The largest absolute Gasteiger partial charge is 0.319 e. The van der Waals surface area contributed by atoms with Gasteiger partial charge < -0.3 is 5.32 Å². The van der Waals surface area contributed by atoms with Crippen molar-refractivity contribution in [3.05, 3.63) is 35.6 Å². The molecular formula is C11H15FIN. The second-order valence-electron chi connectivity index (χ2n) is 3.28. The number of nitrogens with one attached hydrogen (secondary N) is 1. The number of benzene rings is 1. The molecule has 0 aliphatic rings. The van der Waals surface area contributed by atoms with Crippen LogP contribution in [0.2, 0.25) is 0 Å². The van der Waals surface area contributed by atoms with Crippen LogP contribution >= 0.6 is 22.6 Å². The highest BCUT2D eigenvalue weighted by atomic mass is 127. The third-order valence-electron chi connectivity index (χ3n) is 2.25. The second-order valence-corrected chi connectivity index (χ2v) is 4.36. The molecule has 0 heterocycles. The molecule has 78 valence electrons. The molecule has 14 heavy (non-hydrogen) atoms. The monoisotopic (exact) mass is 307 g/mol. The van der Waals surface area contributed by atoms with Crippen molar-refractivity contribution < 1.29 is 4.39 Å². The van der Waals surface area contributed by atoms with E-state index in [0.29, 0.717) is 5.92 Å². The lowest BCUT2D eigenvalue weighted by molar-refractivity contribution is 0.607. The summed E-state index contributed by atoms with van der Waals surface area (Å²) in [5, 5.41) is 3.17. The third kappa shape index (κ3) is 3.53. The van der Waals surface area contributed by atoms with Crippen LogP contribution in [0.4, 0.5) is 4.39 Å². The summed E-state index contributed by atoms with van der Waals surface area (Å²) in [6.07, 6.45) is 1.13. The van der Waals surface area contributed by atoms with E-state index in [4.69, 9.17) is 0 Å². The zero-order chi connectivity index (χ0) is 10.4. The highest BCUT2D eigenvalue weighted by molar-refractivity contribution is 14.1. The van der Waals surface area contributed by atoms with Crippen LogP contribution in [0.3, 0.4) is 0 Å². The van der Waals surface area contributed by atoms with Crippen molar-refractivity contribution >= 4 is 22.6 Å². The molecule has 0 aliphatic carbocycles. The van der Waals surface area contributed by atoms with Gasteiger partial charge >= 0.3 is 0 Å². The minimum atomic E-state index is -0.161. The van der Waals surface area contributed by atoms with Gasteiger partial charge in [-0.3, -0.25) is 0 Å². The van der Waals surface area contributed by atoms with Gasteiger partial charge in [-0.2, -0.15) is 0 Å². The molecule has 0 radical (unpaired) electrons. The fourth-order valence-corrected chi connectivity index (χ4v) is 2.25. The maximum absolute atomic E-state index is 12.7. The summed E-state index contributed by atoms with van der Waals surface area (Å²) in [7, 11) is 1.95. The van der Waals surface area contributed by atoms with Crippen molar-refractivity contribution in [2.45, 2.75) is 12.3 Å². The first-order valence-corrected chi connectivity index (χ1v) is 6.26. The summed E-state index contributed by atoms with van der Waals surface area (Å²) in [5.74, 6) is 0.337. The predicted molar refractivity (Wildman–Crippen MR) is 66.6 cm³/mol. The van der Waals surface area contributed by atoms with E-state index in [2.05, 4.69) is 27.9 Å². The third-order valence-corrected chi connectivity index (χ3v) is 2.87. The smallest absolute Gasteiger partial charge is 0.123 e. The van der Waals surface area contributed by atoms with Crippen molar-refractivity contribution in [2.24, 2.45) is 0 Å². The van der Waals surface area contributed by atoms with E-state index in [9.17, 15) is 4.39 Å². The van der Waals surface area contributed by atoms with E-state index < -0.39 is 0 Å². The number of rotatable bonds is 5. The maximum atomic E-state index is 12.7. The molecule has 1 rings (SSSR count). The van der Waals surface area contributed by atoms with Crippen molar-refractivity contribution in [3.63, 3.8) is 0 Å². The van der Waals surface area contributed by atoms with Gasteiger partial charge in [-0.25, -0.2) is 4.39 Å². The first-order chi connectivity index (χ1) is 6.77. The van der Waals surface area contributed by atoms with Gasteiger partial charge in [0.05, 0.1) is 0 Å². The molecule has 0 spiro atoms. The molecule has 0 fully saturated rings. The van der Waals surface area contributed by atoms with Gasteiger partial charge in [0.15, 0.2) is 0 Å². The Morgan fingerprint density at radius 2 is 2.00 bits per heavy atom. The van der Waals surface area contributed by atoms with E-state index in [0.717, 1.165) is 17.4 Å². The van der Waals surface area contributed by atoms with Crippen molar-refractivity contribution in [3.8, 4) is 0 Å². The van der Waals surface area contributed by atoms with Gasteiger partial charge in [0.25, 0.3) is 0 Å². The van der Waals surface area contributed by atoms with Gasteiger partial charge in [-0.05, 0) is 37.1 Å². The zero-order valence-corrected chi connectivity index (χ0v) is 10.4. The zero-order valence-electron chi connectivity index (χ0n) is 8.26. The maximum Gasteiger partial charge on any atom is 0.123 e. The fraction of sp³-hybridized carbons (Fsp3) is 0.455. The lowest BCUT2D eigenvalue weighted by Crippen LogP contribution is -2.17. The molecule has 1 N–H and O–H groups in total. The Bertz CT molecular complexity index is 254. The van der Waals surface area contributed by atoms with Gasteiger partial charge in [0.2, 0.25) is 0 Å². The fourth-order valence-electron chi connectivity index (χ4n) is 1.50. The Morgan fingerprint density at radius 1 is 1.36 bits per heavy atom. The highest BCUT2D eigenvalue weighted by Crippen LogP contribution is 2.20. The van der Waals surface area contributed by atoms with Crippen LogP contribution in [-0.2, 0) is 0 Å². The van der Waals surface area contributed by atoms with Crippen LogP contribution in [0.5, 0.6) is 0 Å². The topological polar surface area (TPSA) is 12.0 Å². The van der Waals surface area contributed by atoms with Crippen LogP contribution in [0.15, 0.2) is 24.3 Å². The molecule has 0 saturated heterocycles. The summed E-state index contributed by atoms with van der Waals surface area (Å²) in [6.45, 7) is 0.953. The normalized spacial score (nSPS) is 12.8. The average molecular weight is 307 g/mol. The molecule has 3 heteroatoms. The quantitative estimate of drug-likeness (QED) is 0.651. The van der Waals surface area contributed by atoms with E-state index in [-0.39, 0.29) is 5.82 Å². The van der Waals surface area contributed by atoms with Crippen LogP contribution in [0, 0.1) is 5.82 Å². The summed E-state index contributed by atoms with van der Waals surface area (Å²) in [6, 6.07) is 6.82. The van der Waals surface area contributed by atoms with Gasteiger partial charge in [-0.15, -0.1) is 0 Å². The van der Waals surface area contributed by atoms with Crippen molar-refractivity contribution in [2.75, 3.05) is 18.0 Å². The minimum absolute atomic E-state index is 0.161. The van der Waals surface area contributed by atoms with Crippen molar-refractivity contribution in [1.82, 2.24) is 5.32 Å². The predicted octanol–water partition coefficient (Wildman–Crippen LogP) is 2.95. The van der Waals surface area contributed by atoms with Crippen LogP contribution < -0.4 is 5.32 Å².